The molecule has 7 rings (SSSR count). The molecule has 1 spiro atoms. The summed E-state index contributed by atoms with van der Waals surface area (Å²) >= 11 is 0. The Labute approximate surface area is 234 Å². The molecule has 8 atom stereocenters. The summed E-state index contributed by atoms with van der Waals surface area (Å²) in [5.74, 6) is 0.0704. The zero-order chi connectivity index (χ0) is 27.9. The third-order valence-corrected chi connectivity index (χ3v) is 9.10. The van der Waals surface area contributed by atoms with Crippen LogP contribution in [0.25, 0.3) is 6.08 Å². The number of allylic oxidation sites excluding steroid dienone is 1. The van der Waals surface area contributed by atoms with E-state index in [4.69, 9.17) is 24.0 Å². The molecule has 2 aromatic rings. The zero-order valence-electron chi connectivity index (χ0n) is 23.1. The first-order valence-electron chi connectivity index (χ1n) is 14.1. The summed E-state index contributed by atoms with van der Waals surface area (Å²) in [6.07, 6.45) is 9.19. The van der Waals surface area contributed by atoms with E-state index in [9.17, 15) is 9.59 Å². The molecule has 1 saturated carbocycles. The molecule has 5 aliphatic rings. The van der Waals surface area contributed by atoms with Gasteiger partial charge in [0, 0.05) is 36.2 Å². The smallest absolute Gasteiger partial charge is 0.259 e. The number of aromatic nitrogens is 1. The van der Waals surface area contributed by atoms with E-state index in [1.807, 2.05) is 19.1 Å². The van der Waals surface area contributed by atoms with Crippen LogP contribution in [-0.2, 0) is 24.0 Å². The Hall–Kier alpha value is -3.11. The molecule has 0 radical (unpaired) electrons. The van der Waals surface area contributed by atoms with Crippen molar-refractivity contribution in [3.63, 3.8) is 0 Å². The average Bonchev–Trinajstić information content (AvgIpc) is 3.20. The summed E-state index contributed by atoms with van der Waals surface area (Å²) in [6.45, 7) is 6.07. The Bertz CT molecular complexity index is 1270. The van der Waals surface area contributed by atoms with Gasteiger partial charge in [0.05, 0.1) is 0 Å². The quantitative estimate of drug-likeness (QED) is 0.302. The maximum Gasteiger partial charge on any atom is 0.259 e. The summed E-state index contributed by atoms with van der Waals surface area (Å²) in [5, 5.41) is 3.01. The first kappa shape index (κ1) is 27.1. The third kappa shape index (κ3) is 4.96. The Morgan fingerprint density at radius 2 is 1.82 bits per heavy atom. The minimum atomic E-state index is -0.863. The van der Waals surface area contributed by atoms with E-state index in [0.29, 0.717) is 17.2 Å². The van der Waals surface area contributed by atoms with Gasteiger partial charge in [-0.2, -0.15) is 0 Å². The topological polar surface area (TPSA) is 105 Å². The van der Waals surface area contributed by atoms with Crippen LogP contribution in [0.3, 0.4) is 0 Å². The van der Waals surface area contributed by atoms with Crippen LogP contribution in [0.2, 0.25) is 0 Å². The third-order valence-electron chi connectivity index (χ3n) is 9.10. The lowest BCUT2D eigenvalue weighted by Gasteiger charge is -2.60. The van der Waals surface area contributed by atoms with Crippen LogP contribution in [0, 0.1) is 23.7 Å². The number of pyridine rings is 1. The van der Waals surface area contributed by atoms with Crippen LogP contribution in [0.1, 0.15) is 62.4 Å². The van der Waals surface area contributed by atoms with E-state index in [-0.39, 0.29) is 36.1 Å². The number of carbonyl (C=O) groups excluding carboxylic acids is 2. The van der Waals surface area contributed by atoms with Crippen LogP contribution >= 0.6 is 0 Å². The Balaban J connectivity index is 1.06. The molecule has 4 aliphatic heterocycles. The molecule has 0 unspecified atom stereocenters. The summed E-state index contributed by atoms with van der Waals surface area (Å²) < 4.78 is 18.5. The second kappa shape index (κ2) is 10.7. The molecule has 5 heterocycles. The van der Waals surface area contributed by atoms with Crippen molar-refractivity contribution in [2.24, 2.45) is 23.7 Å². The molecule has 1 amide bonds. The van der Waals surface area contributed by atoms with Gasteiger partial charge in [-0.1, -0.05) is 19.9 Å². The summed E-state index contributed by atoms with van der Waals surface area (Å²) in [4.78, 5) is 41.4. The van der Waals surface area contributed by atoms with Crippen molar-refractivity contribution >= 4 is 17.8 Å². The molecule has 5 fully saturated rings. The highest BCUT2D eigenvalue weighted by Gasteiger charge is 2.69. The highest BCUT2D eigenvalue weighted by molar-refractivity contribution is 6.06. The van der Waals surface area contributed by atoms with E-state index in [1.165, 1.54) is 6.08 Å². The first-order valence-corrected chi connectivity index (χ1v) is 14.1. The van der Waals surface area contributed by atoms with Gasteiger partial charge in [-0.3, -0.25) is 14.6 Å². The number of fused-ring (bicyclic) bond motifs is 2. The molecule has 1 aromatic heterocycles. The van der Waals surface area contributed by atoms with E-state index in [2.05, 4.69) is 24.1 Å². The average molecular weight is 549 g/mol. The number of rotatable bonds is 7. The zero-order valence-corrected chi connectivity index (χ0v) is 23.1. The van der Waals surface area contributed by atoms with Gasteiger partial charge in [0.15, 0.2) is 24.3 Å². The molecule has 40 heavy (non-hydrogen) atoms. The van der Waals surface area contributed by atoms with Crippen molar-refractivity contribution in [2.45, 2.75) is 70.4 Å². The van der Waals surface area contributed by atoms with E-state index in [1.54, 1.807) is 42.7 Å². The Morgan fingerprint density at radius 3 is 2.60 bits per heavy atom. The summed E-state index contributed by atoms with van der Waals surface area (Å²) in [5.41, 5.74) is 0.752. The lowest BCUT2D eigenvalue weighted by atomic mass is 9.58. The standard InChI is InChI=1S/C31H36N2O7/c1-19-4-10-25-20(2)28(37-29-31(25)24(19)12-15-30(3,38-29)39-40-31)33-27(35)18-36-23-8-6-22(7-9-23)26(34)11-5-21-13-16-32-17-14-21/h5-9,11,13-14,16-17,19-20,24-25,28-29H,4,10,12,15,18H2,1-3H3,(H,33,35)/b11-5+/t19-,20-,24+,25+,28+,29-,30-,31-/m1/s1. The molecule has 9 heteroatoms. The number of ether oxygens (including phenoxy) is 3. The van der Waals surface area contributed by atoms with Gasteiger partial charge in [0.2, 0.25) is 5.79 Å². The minimum Gasteiger partial charge on any atom is -0.484 e. The predicted molar refractivity (Wildman–Crippen MR) is 145 cm³/mol. The van der Waals surface area contributed by atoms with Crippen molar-refractivity contribution in [1.82, 2.24) is 10.3 Å². The van der Waals surface area contributed by atoms with Crippen molar-refractivity contribution in [2.75, 3.05) is 6.61 Å². The van der Waals surface area contributed by atoms with Crippen molar-refractivity contribution in [1.29, 1.82) is 0 Å². The summed E-state index contributed by atoms with van der Waals surface area (Å²) in [7, 11) is 0. The molecule has 9 nitrogen and oxygen atoms in total. The minimum absolute atomic E-state index is 0.00430. The highest BCUT2D eigenvalue weighted by atomic mass is 17.3. The van der Waals surface area contributed by atoms with Crippen LogP contribution in [0.15, 0.2) is 54.9 Å². The van der Waals surface area contributed by atoms with Gasteiger partial charge in [-0.05, 0) is 86.1 Å². The fourth-order valence-electron chi connectivity index (χ4n) is 6.88. The SMILES string of the molecule is C[C@H]1[C@@H](NC(=O)COc2ccc(C(=O)/C=C/c3ccncc3)cc2)O[C@@H]2O[C@@]3(C)CC[C@H]4[C@H](C)CC[C@@H]1[C@@]24OO3. The fraction of sp³-hybridized carbons (Fsp3) is 0.516. The van der Waals surface area contributed by atoms with Crippen LogP contribution in [0.4, 0.5) is 0 Å². The second-order valence-electron chi connectivity index (χ2n) is 11.7. The molecule has 1 N–H and O–H groups in total. The normalized spacial score (nSPS) is 36.5. The number of nitrogens with one attached hydrogen (secondary N) is 1. The van der Waals surface area contributed by atoms with Crippen molar-refractivity contribution in [3.8, 4) is 5.75 Å². The molecule has 1 aliphatic carbocycles. The number of carbonyl (C=O) groups is 2. The lowest BCUT2D eigenvalue weighted by Crippen LogP contribution is -2.72. The van der Waals surface area contributed by atoms with E-state index >= 15 is 0 Å². The first-order chi connectivity index (χ1) is 19.3. The molecule has 1 aromatic carbocycles. The van der Waals surface area contributed by atoms with Gasteiger partial charge in [-0.15, -0.1) is 0 Å². The van der Waals surface area contributed by atoms with Gasteiger partial charge in [-0.25, -0.2) is 9.78 Å². The van der Waals surface area contributed by atoms with E-state index in [0.717, 1.165) is 31.2 Å². The number of hydrogen-bond donors (Lipinski definition) is 1. The maximum absolute atomic E-state index is 12.9. The molecule has 2 bridgehead atoms. The van der Waals surface area contributed by atoms with Gasteiger partial charge in [0.25, 0.3) is 5.91 Å². The number of ketones is 1. The maximum atomic E-state index is 12.9. The van der Waals surface area contributed by atoms with Crippen molar-refractivity contribution in [3.05, 3.63) is 66.0 Å². The number of benzene rings is 1. The molecular weight excluding hydrogens is 512 g/mol. The largest absolute Gasteiger partial charge is 0.484 e. The predicted octanol–water partition coefficient (Wildman–Crippen LogP) is 4.68. The van der Waals surface area contributed by atoms with Gasteiger partial charge in [0.1, 0.15) is 12.0 Å². The highest BCUT2D eigenvalue weighted by Crippen LogP contribution is 2.60. The van der Waals surface area contributed by atoms with E-state index < -0.39 is 23.9 Å². The van der Waals surface area contributed by atoms with Gasteiger partial charge < -0.3 is 19.5 Å². The Kier molecular flexibility index (Phi) is 7.25. The molecule has 4 saturated heterocycles. The monoisotopic (exact) mass is 548 g/mol. The number of amides is 1. The lowest BCUT2D eigenvalue weighted by molar-refractivity contribution is -0.571. The van der Waals surface area contributed by atoms with Crippen molar-refractivity contribution < 1.29 is 33.6 Å². The van der Waals surface area contributed by atoms with Crippen LogP contribution in [0.5, 0.6) is 5.75 Å². The second-order valence-corrected chi connectivity index (χ2v) is 11.7. The van der Waals surface area contributed by atoms with Crippen LogP contribution in [-0.4, -0.2) is 47.2 Å². The molecule has 212 valence electrons. The number of nitrogens with zero attached hydrogens (tertiary/aromatic N) is 1. The Morgan fingerprint density at radius 1 is 1.05 bits per heavy atom. The van der Waals surface area contributed by atoms with Crippen LogP contribution < -0.4 is 10.1 Å². The number of hydrogen-bond acceptors (Lipinski definition) is 8. The summed E-state index contributed by atoms with van der Waals surface area (Å²) in [6, 6.07) is 10.4. The molecular formula is C31H36N2O7. The fourth-order valence-corrected chi connectivity index (χ4v) is 6.88. The van der Waals surface area contributed by atoms with Gasteiger partial charge >= 0.3 is 0 Å².